The van der Waals surface area contributed by atoms with E-state index in [4.69, 9.17) is 21.1 Å². The Kier molecular flexibility index (Phi) is 6.19. The molecule has 10 nitrogen and oxygen atoms in total. The van der Waals surface area contributed by atoms with Crippen molar-refractivity contribution in [2.45, 2.75) is 11.8 Å². The first-order chi connectivity index (χ1) is 14.9. The highest BCUT2D eigenvalue weighted by molar-refractivity contribution is 7.89. The Morgan fingerprint density at radius 1 is 1.29 bits per heavy atom. The lowest BCUT2D eigenvalue weighted by Crippen LogP contribution is -2.40. The van der Waals surface area contributed by atoms with E-state index in [0.29, 0.717) is 72.1 Å². The molecular weight excluding hydrogens is 444 g/mol. The van der Waals surface area contributed by atoms with Crippen LogP contribution in [0.4, 0.5) is 17.5 Å². The molecule has 3 heterocycles. The lowest BCUT2D eigenvalue weighted by atomic mass is 10.3. The number of sulfonamides is 1. The average molecular weight is 467 g/mol. The van der Waals surface area contributed by atoms with Crippen molar-refractivity contribution in [3.63, 3.8) is 0 Å². The minimum Gasteiger partial charge on any atom is -0.495 e. The van der Waals surface area contributed by atoms with E-state index in [9.17, 15) is 8.42 Å². The molecule has 12 heteroatoms. The van der Waals surface area contributed by atoms with E-state index in [0.717, 1.165) is 0 Å². The summed E-state index contributed by atoms with van der Waals surface area (Å²) in [6.45, 7) is 4.02. The van der Waals surface area contributed by atoms with Crippen molar-refractivity contribution >= 4 is 50.1 Å². The Bertz CT molecular complexity index is 1190. The van der Waals surface area contributed by atoms with Crippen LogP contribution in [0.3, 0.4) is 0 Å². The first-order valence-electron chi connectivity index (χ1n) is 9.75. The van der Waals surface area contributed by atoms with Crippen molar-refractivity contribution in [2.75, 3.05) is 50.6 Å². The van der Waals surface area contributed by atoms with E-state index in [-0.39, 0.29) is 4.90 Å². The normalized spacial score (nSPS) is 15.2. The second-order valence-corrected chi connectivity index (χ2v) is 9.14. The van der Waals surface area contributed by atoms with Gasteiger partial charge in [-0.25, -0.2) is 8.42 Å². The minimum atomic E-state index is -3.64. The zero-order valence-electron chi connectivity index (χ0n) is 17.1. The first-order valence-corrected chi connectivity index (χ1v) is 11.6. The summed E-state index contributed by atoms with van der Waals surface area (Å²) in [6.07, 6.45) is 1.65. The number of hydrogen-bond donors (Lipinski definition) is 3. The van der Waals surface area contributed by atoms with Gasteiger partial charge in [0.15, 0.2) is 0 Å². The predicted octanol–water partition coefficient (Wildman–Crippen LogP) is 2.82. The SMILES string of the molecule is CCNc1nc(Nc2ccc(S(=O)(=O)N3CCOCC3)cc2OC)nc2[nH]cc(Cl)c12. The summed E-state index contributed by atoms with van der Waals surface area (Å²) in [5.74, 6) is 1.25. The number of nitrogens with one attached hydrogen (secondary N) is 3. The molecule has 0 atom stereocenters. The van der Waals surface area contributed by atoms with E-state index < -0.39 is 10.0 Å². The van der Waals surface area contributed by atoms with E-state index in [1.165, 1.54) is 23.5 Å². The standard InChI is InChI=1S/C19H23ClN6O4S/c1-3-21-17-16-13(20)11-22-18(16)25-19(24-17)23-14-5-4-12(10-15(14)29-2)31(27,28)26-6-8-30-9-7-26/h4-5,10-11H,3,6-9H2,1-2H3,(H3,21,22,23,24,25). The maximum Gasteiger partial charge on any atom is 0.243 e. The zero-order valence-corrected chi connectivity index (χ0v) is 18.7. The van der Waals surface area contributed by atoms with Crippen LogP contribution >= 0.6 is 11.6 Å². The van der Waals surface area contributed by atoms with Gasteiger partial charge in [-0.15, -0.1) is 0 Å². The molecule has 0 amide bonds. The van der Waals surface area contributed by atoms with Crippen LogP contribution in [-0.2, 0) is 14.8 Å². The summed E-state index contributed by atoms with van der Waals surface area (Å²) >= 11 is 6.24. The predicted molar refractivity (Wildman–Crippen MR) is 119 cm³/mol. The molecule has 1 aliphatic heterocycles. The van der Waals surface area contributed by atoms with Gasteiger partial charge in [-0.05, 0) is 19.1 Å². The third-order valence-corrected chi connectivity index (χ3v) is 7.05. The van der Waals surface area contributed by atoms with Gasteiger partial charge in [-0.2, -0.15) is 14.3 Å². The minimum absolute atomic E-state index is 0.151. The van der Waals surface area contributed by atoms with Crippen molar-refractivity contribution in [1.29, 1.82) is 0 Å². The van der Waals surface area contributed by atoms with Gasteiger partial charge in [0.1, 0.15) is 17.2 Å². The molecule has 1 aromatic carbocycles. The Morgan fingerprint density at radius 3 is 2.77 bits per heavy atom. The van der Waals surface area contributed by atoms with Gasteiger partial charge >= 0.3 is 0 Å². The number of benzene rings is 1. The molecule has 4 rings (SSSR count). The maximum absolute atomic E-state index is 12.9. The van der Waals surface area contributed by atoms with Crippen molar-refractivity contribution in [1.82, 2.24) is 19.3 Å². The average Bonchev–Trinajstić information content (AvgIpc) is 3.15. The lowest BCUT2D eigenvalue weighted by molar-refractivity contribution is 0.0730. The topological polar surface area (TPSA) is 121 Å². The number of anilines is 3. The fourth-order valence-corrected chi connectivity index (χ4v) is 5.00. The van der Waals surface area contributed by atoms with Crippen molar-refractivity contribution < 1.29 is 17.9 Å². The number of nitrogens with zero attached hydrogens (tertiary/aromatic N) is 3. The van der Waals surface area contributed by atoms with E-state index in [1.807, 2.05) is 6.92 Å². The number of halogens is 1. The molecule has 1 saturated heterocycles. The quantitative estimate of drug-likeness (QED) is 0.486. The third-order valence-electron chi connectivity index (χ3n) is 4.85. The Hall–Kier alpha value is -2.60. The molecule has 1 aliphatic rings. The molecule has 0 radical (unpaired) electrons. The van der Waals surface area contributed by atoms with Crippen LogP contribution in [0.1, 0.15) is 6.92 Å². The van der Waals surface area contributed by atoms with Crippen LogP contribution in [0.2, 0.25) is 5.02 Å². The molecule has 0 spiro atoms. The van der Waals surface area contributed by atoms with Crippen LogP contribution in [-0.4, -0.2) is 67.6 Å². The molecule has 0 saturated carbocycles. The van der Waals surface area contributed by atoms with Gasteiger partial charge in [-0.3, -0.25) is 0 Å². The Balaban J connectivity index is 1.66. The second kappa shape index (κ2) is 8.87. The summed E-state index contributed by atoms with van der Waals surface area (Å²) in [6, 6.07) is 4.65. The Labute approximate surface area is 185 Å². The molecule has 3 aromatic rings. The number of fused-ring (bicyclic) bond motifs is 1. The van der Waals surface area contributed by atoms with Crippen LogP contribution in [0.5, 0.6) is 5.75 Å². The number of aromatic nitrogens is 3. The summed E-state index contributed by atoms with van der Waals surface area (Å²) < 4.78 is 38.0. The van der Waals surface area contributed by atoms with Crippen LogP contribution < -0.4 is 15.4 Å². The molecule has 0 bridgehead atoms. The highest BCUT2D eigenvalue weighted by Crippen LogP contribution is 2.33. The molecule has 0 aliphatic carbocycles. The molecular formula is C19H23ClN6O4S. The lowest BCUT2D eigenvalue weighted by Gasteiger charge is -2.26. The largest absolute Gasteiger partial charge is 0.495 e. The van der Waals surface area contributed by atoms with Gasteiger partial charge in [0, 0.05) is 31.9 Å². The number of aromatic amines is 1. The van der Waals surface area contributed by atoms with Gasteiger partial charge in [0.25, 0.3) is 0 Å². The van der Waals surface area contributed by atoms with Gasteiger partial charge in [0.05, 0.1) is 41.3 Å². The maximum atomic E-state index is 12.9. The highest BCUT2D eigenvalue weighted by Gasteiger charge is 2.27. The van der Waals surface area contributed by atoms with Crippen molar-refractivity contribution in [2.24, 2.45) is 0 Å². The molecule has 3 N–H and O–H groups in total. The smallest absolute Gasteiger partial charge is 0.243 e. The summed E-state index contributed by atoms with van der Waals surface area (Å²) in [7, 11) is -2.16. The van der Waals surface area contributed by atoms with Crippen molar-refractivity contribution in [3.05, 3.63) is 29.4 Å². The molecule has 2 aromatic heterocycles. The second-order valence-electron chi connectivity index (χ2n) is 6.79. The fraction of sp³-hybridized carbons (Fsp3) is 0.368. The number of hydrogen-bond acceptors (Lipinski definition) is 8. The number of H-pyrrole nitrogens is 1. The van der Waals surface area contributed by atoms with E-state index in [1.54, 1.807) is 12.3 Å². The molecule has 166 valence electrons. The number of ether oxygens (including phenoxy) is 2. The molecule has 0 unspecified atom stereocenters. The van der Waals surface area contributed by atoms with E-state index in [2.05, 4.69) is 25.6 Å². The molecule has 1 fully saturated rings. The number of methoxy groups -OCH3 is 1. The van der Waals surface area contributed by atoms with E-state index >= 15 is 0 Å². The molecule has 31 heavy (non-hydrogen) atoms. The summed E-state index contributed by atoms with van der Waals surface area (Å²) in [4.78, 5) is 12.1. The van der Waals surface area contributed by atoms with Gasteiger partial charge < -0.3 is 25.1 Å². The Morgan fingerprint density at radius 2 is 2.06 bits per heavy atom. The fourth-order valence-electron chi connectivity index (χ4n) is 3.34. The zero-order chi connectivity index (χ0) is 22.0. The van der Waals surface area contributed by atoms with Gasteiger partial charge in [0.2, 0.25) is 16.0 Å². The number of morpholine rings is 1. The van der Waals surface area contributed by atoms with Crippen LogP contribution in [0, 0.1) is 0 Å². The van der Waals surface area contributed by atoms with Gasteiger partial charge in [-0.1, -0.05) is 11.6 Å². The number of rotatable bonds is 7. The summed E-state index contributed by atoms with van der Waals surface area (Å²) in [5.41, 5.74) is 1.10. The monoisotopic (exact) mass is 466 g/mol. The van der Waals surface area contributed by atoms with Crippen LogP contribution in [0.15, 0.2) is 29.3 Å². The van der Waals surface area contributed by atoms with Crippen LogP contribution in [0.25, 0.3) is 11.0 Å². The summed E-state index contributed by atoms with van der Waals surface area (Å²) in [5, 5.41) is 7.50. The first kappa shape index (κ1) is 21.6. The third kappa shape index (κ3) is 4.26. The highest BCUT2D eigenvalue weighted by atomic mass is 35.5. The van der Waals surface area contributed by atoms with Crippen molar-refractivity contribution in [3.8, 4) is 5.75 Å².